The molecule has 2 rings (SSSR count). The molecule has 0 unspecified atom stereocenters. The molecule has 0 aromatic heterocycles. The van der Waals surface area contributed by atoms with E-state index in [9.17, 15) is 9.59 Å². The van der Waals surface area contributed by atoms with Crippen molar-refractivity contribution in [2.45, 2.75) is 6.92 Å². The van der Waals surface area contributed by atoms with E-state index in [4.69, 9.17) is 5.73 Å². The third kappa shape index (κ3) is 3.24. The summed E-state index contributed by atoms with van der Waals surface area (Å²) in [4.78, 5) is 23.5. The van der Waals surface area contributed by atoms with Crippen molar-refractivity contribution in [1.29, 1.82) is 0 Å². The lowest BCUT2D eigenvalue weighted by Crippen LogP contribution is -2.14. The Balaban J connectivity index is 2.25. The summed E-state index contributed by atoms with van der Waals surface area (Å²) in [6.07, 6.45) is 0. The summed E-state index contributed by atoms with van der Waals surface area (Å²) in [5.41, 5.74) is 7.67. The molecular weight excluding hydrogens is 320 g/mol. The third-order valence-electron chi connectivity index (χ3n) is 2.79. The van der Waals surface area contributed by atoms with Gasteiger partial charge in [0.05, 0.1) is 5.56 Å². The molecule has 0 radical (unpaired) electrons. The molecule has 0 aliphatic carbocycles. The second-order valence-electron chi connectivity index (χ2n) is 4.32. The number of nitrogens with two attached hydrogens (primary N) is 1. The first-order valence-corrected chi connectivity index (χ1v) is 6.74. The lowest BCUT2D eigenvalue weighted by molar-refractivity contribution is 0.101. The zero-order chi connectivity index (χ0) is 14.7. The van der Waals surface area contributed by atoms with Gasteiger partial charge in [0.25, 0.3) is 5.91 Å². The third-order valence-corrected chi connectivity index (χ3v) is 3.28. The summed E-state index contributed by atoms with van der Waals surface area (Å²) in [5.74, 6) is -0.368. The maximum atomic E-state index is 12.2. The van der Waals surface area contributed by atoms with Gasteiger partial charge in [-0.05, 0) is 37.3 Å². The average molecular weight is 333 g/mol. The van der Waals surface area contributed by atoms with Crippen LogP contribution in [0, 0.1) is 0 Å². The van der Waals surface area contributed by atoms with E-state index < -0.39 is 0 Å². The van der Waals surface area contributed by atoms with Crippen LogP contribution >= 0.6 is 15.9 Å². The summed E-state index contributed by atoms with van der Waals surface area (Å²) in [6, 6.07) is 11.8. The molecule has 102 valence electrons. The highest BCUT2D eigenvalue weighted by molar-refractivity contribution is 9.10. The fraction of sp³-hybridized carbons (Fsp3) is 0.0667. The van der Waals surface area contributed by atoms with Crippen molar-refractivity contribution in [3.05, 3.63) is 58.1 Å². The molecule has 5 heteroatoms. The summed E-state index contributed by atoms with van der Waals surface area (Å²) >= 11 is 3.30. The summed E-state index contributed by atoms with van der Waals surface area (Å²) in [6.45, 7) is 1.48. The van der Waals surface area contributed by atoms with Crippen LogP contribution in [0.25, 0.3) is 0 Å². The highest BCUT2D eigenvalue weighted by Crippen LogP contribution is 2.20. The number of benzene rings is 2. The van der Waals surface area contributed by atoms with Crippen molar-refractivity contribution < 1.29 is 9.59 Å². The number of hydrogen-bond acceptors (Lipinski definition) is 3. The number of anilines is 2. The Morgan fingerprint density at radius 3 is 2.60 bits per heavy atom. The van der Waals surface area contributed by atoms with E-state index in [1.165, 1.54) is 6.92 Å². The first-order valence-electron chi connectivity index (χ1n) is 5.95. The number of nitrogens with one attached hydrogen (secondary N) is 1. The minimum Gasteiger partial charge on any atom is -0.398 e. The topological polar surface area (TPSA) is 72.2 Å². The molecule has 0 aliphatic heterocycles. The molecule has 3 N–H and O–H groups in total. The SMILES string of the molecule is CC(=O)c1cccc(NC(=O)c2cc(Br)ccc2N)c1. The van der Waals surface area contributed by atoms with Gasteiger partial charge in [-0.2, -0.15) is 0 Å². The fourth-order valence-corrected chi connectivity index (χ4v) is 2.10. The van der Waals surface area contributed by atoms with Gasteiger partial charge < -0.3 is 11.1 Å². The predicted octanol–water partition coefficient (Wildman–Crippen LogP) is 3.49. The average Bonchev–Trinajstić information content (AvgIpc) is 2.41. The Morgan fingerprint density at radius 2 is 1.90 bits per heavy atom. The Morgan fingerprint density at radius 1 is 1.15 bits per heavy atom. The van der Waals surface area contributed by atoms with Crippen LogP contribution in [0.2, 0.25) is 0 Å². The van der Waals surface area contributed by atoms with Gasteiger partial charge >= 0.3 is 0 Å². The maximum Gasteiger partial charge on any atom is 0.257 e. The van der Waals surface area contributed by atoms with Crippen molar-refractivity contribution in [3.8, 4) is 0 Å². The number of nitrogen functional groups attached to an aromatic ring is 1. The van der Waals surface area contributed by atoms with E-state index in [1.54, 1.807) is 42.5 Å². The molecule has 0 saturated carbocycles. The first-order chi connectivity index (χ1) is 9.47. The van der Waals surface area contributed by atoms with Crippen LogP contribution in [0.15, 0.2) is 46.9 Å². The van der Waals surface area contributed by atoms with Crippen LogP contribution in [0.4, 0.5) is 11.4 Å². The molecule has 2 aromatic carbocycles. The Labute approximate surface area is 125 Å². The fourth-order valence-electron chi connectivity index (χ4n) is 1.74. The number of Topliss-reactive ketones (excluding diaryl/α,β-unsaturated/α-hetero) is 1. The van der Waals surface area contributed by atoms with Crippen molar-refractivity contribution in [3.63, 3.8) is 0 Å². The van der Waals surface area contributed by atoms with E-state index in [2.05, 4.69) is 21.2 Å². The van der Waals surface area contributed by atoms with Crippen LogP contribution in [0.1, 0.15) is 27.6 Å². The van der Waals surface area contributed by atoms with Gasteiger partial charge in [0.15, 0.2) is 5.78 Å². The molecule has 0 saturated heterocycles. The predicted molar refractivity (Wildman–Crippen MR) is 83.0 cm³/mol. The maximum absolute atomic E-state index is 12.2. The second kappa shape index (κ2) is 5.88. The van der Waals surface area contributed by atoms with Gasteiger partial charge in [0.2, 0.25) is 0 Å². The number of ketones is 1. The van der Waals surface area contributed by atoms with Gasteiger partial charge in [-0.1, -0.05) is 28.1 Å². The van der Waals surface area contributed by atoms with Gasteiger partial charge in [-0.25, -0.2) is 0 Å². The number of hydrogen-bond donors (Lipinski definition) is 2. The van der Waals surface area contributed by atoms with Crippen LogP contribution in [-0.4, -0.2) is 11.7 Å². The molecule has 4 nitrogen and oxygen atoms in total. The minimum absolute atomic E-state index is 0.0527. The summed E-state index contributed by atoms with van der Waals surface area (Å²) < 4.78 is 0.773. The number of carbonyl (C=O) groups is 2. The Hall–Kier alpha value is -2.14. The summed E-state index contributed by atoms with van der Waals surface area (Å²) in [7, 11) is 0. The minimum atomic E-state index is -0.315. The highest BCUT2D eigenvalue weighted by Gasteiger charge is 2.11. The number of rotatable bonds is 3. The Bertz CT molecular complexity index is 683. The number of amides is 1. The smallest absolute Gasteiger partial charge is 0.257 e. The zero-order valence-corrected chi connectivity index (χ0v) is 12.4. The van der Waals surface area contributed by atoms with Crippen molar-refractivity contribution in [2.75, 3.05) is 11.1 Å². The quantitative estimate of drug-likeness (QED) is 0.667. The second-order valence-corrected chi connectivity index (χ2v) is 5.24. The largest absolute Gasteiger partial charge is 0.398 e. The van der Waals surface area contributed by atoms with E-state index in [0.29, 0.717) is 22.5 Å². The molecule has 0 heterocycles. The Kier molecular flexibility index (Phi) is 4.20. The van der Waals surface area contributed by atoms with Crippen molar-refractivity contribution in [1.82, 2.24) is 0 Å². The van der Waals surface area contributed by atoms with Crippen LogP contribution in [-0.2, 0) is 0 Å². The van der Waals surface area contributed by atoms with Crippen LogP contribution < -0.4 is 11.1 Å². The molecule has 0 spiro atoms. The lowest BCUT2D eigenvalue weighted by atomic mass is 10.1. The first kappa shape index (κ1) is 14.3. The molecule has 2 aromatic rings. The number of halogens is 1. The molecule has 0 aliphatic rings. The van der Waals surface area contributed by atoms with Crippen LogP contribution in [0.5, 0.6) is 0 Å². The van der Waals surface area contributed by atoms with Gasteiger partial charge in [0.1, 0.15) is 0 Å². The van der Waals surface area contributed by atoms with E-state index >= 15 is 0 Å². The molecule has 0 fully saturated rings. The molecule has 0 bridgehead atoms. The highest BCUT2D eigenvalue weighted by atomic mass is 79.9. The summed E-state index contributed by atoms with van der Waals surface area (Å²) in [5, 5.41) is 2.73. The van der Waals surface area contributed by atoms with Crippen LogP contribution in [0.3, 0.4) is 0 Å². The van der Waals surface area contributed by atoms with Crippen molar-refractivity contribution >= 4 is 39.0 Å². The van der Waals surface area contributed by atoms with E-state index in [0.717, 1.165) is 4.47 Å². The van der Waals surface area contributed by atoms with Crippen molar-refractivity contribution in [2.24, 2.45) is 0 Å². The zero-order valence-electron chi connectivity index (χ0n) is 10.8. The lowest BCUT2D eigenvalue weighted by Gasteiger charge is -2.08. The monoisotopic (exact) mass is 332 g/mol. The van der Waals surface area contributed by atoms with Gasteiger partial charge in [-0.15, -0.1) is 0 Å². The van der Waals surface area contributed by atoms with E-state index in [-0.39, 0.29) is 11.7 Å². The van der Waals surface area contributed by atoms with Gasteiger partial charge in [0, 0.05) is 21.4 Å². The molecule has 20 heavy (non-hydrogen) atoms. The standard InChI is InChI=1S/C15H13BrN2O2/c1-9(19)10-3-2-4-12(7-10)18-15(20)13-8-11(16)5-6-14(13)17/h2-8H,17H2,1H3,(H,18,20). The normalized spacial score (nSPS) is 10.1. The van der Waals surface area contributed by atoms with Gasteiger partial charge in [-0.3, -0.25) is 9.59 Å². The molecular formula is C15H13BrN2O2. The van der Waals surface area contributed by atoms with E-state index in [1.807, 2.05) is 0 Å². The molecule has 1 amide bonds. The number of carbonyl (C=O) groups excluding carboxylic acids is 2. The molecule has 0 atom stereocenters.